The van der Waals surface area contributed by atoms with Crippen molar-refractivity contribution in [2.24, 2.45) is 0 Å². The van der Waals surface area contributed by atoms with Crippen LogP contribution in [0, 0.1) is 0 Å². The SMILES string of the molecule is CNC(=O)[C@H](CC(=O)O)NC(=O)[C@@H]1CCCN1C(=O)[C@H](Cc1ccc(OC)cc1)NC(=O)[C@H](C)NC(C)=O. The van der Waals surface area contributed by atoms with Crippen LogP contribution in [0.3, 0.4) is 0 Å². The molecule has 1 aliphatic heterocycles. The monoisotopic (exact) mass is 533 g/mol. The summed E-state index contributed by atoms with van der Waals surface area (Å²) < 4.78 is 5.16. The van der Waals surface area contributed by atoms with Gasteiger partial charge in [-0.15, -0.1) is 0 Å². The lowest BCUT2D eigenvalue weighted by molar-refractivity contribution is -0.143. The molecule has 5 amide bonds. The van der Waals surface area contributed by atoms with E-state index in [0.29, 0.717) is 18.6 Å². The van der Waals surface area contributed by atoms with Crippen LogP contribution in [0.25, 0.3) is 0 Å². The lowest BCUT2D eigenvalue weighted by atomic mass is 10.0. The van der Waals surface area contributed by atoms with Crippen molar-refractivity contribution in [1.82, 2.24) is 26.2 Å². The largest absolute Gasteiger partial charge is 0.497 e. The second-order valence-electron chi connectivity index (χ2n) is 9.00. The zero-order chi connectivity index (χ0) is 28.4. The summed E-state index contributed by atoms with van der Waals surface area (Å²) in [6.45, 7) is 2.99. The van der Waals surface area contributed by atoms with Crippen LogP contribution in [0.1, 0.15) is 38.7 Å². The first-order valence-electron chi connectivity index (χ1n) is 12.2. The molecule has 0 unspecified atom stereocenters. The molecule has 1 saturated heterocycles. The number of carboxylic acids is 1. The Morgan fingerprint density at radius 3 is 2.24 bits per heavy atom. The third kappa shape index (κ3) is 8.46. The summed E-state index contributed by atoms with van der Waals surface area (Å²) in [6.07, 6.45) is 0.283. The highest BCUT2D eigenvalue weighted by atomic mass is 16.5. The van der Waals surface area contributed by atoms with Crippen LogP contribution in [-0.2, 0) is 35.2 Å². The van der Waals surface area contributed by atoms with Gasteiger partial charge in [-0.05, 0) is 37.5 Å². The lowest BCUT2D eigenvalue weighted by Gasteiger charge is -2.30. The quantitative estimate of drug-likeness (QED) is 0.225. The molecule has 5 N–H and O–H groups in total. The van der Waals surface area contributed by atoms with Crippen LogP contribution in [0.4, 0.5) is 0 Å². The molecule has 13 nitrogen and oxygen atoms in total. The number of carbonyl (C=O) groups excluding carboxylic acids is 5. The molecule has 0 spiro atoms. The van der Waals surface area contributed by atoms with Crippen molar-refractivity contribution in [2.45, 2.75) is 63.7 Å². The Morgan fingerprint density at radius 2 is 1.68 bits per heavy atom. The van der Waals surface area contributed by atoms with E-state index in [-0.39, 0.29) is 13.0 Å². The van der Waals surface area contributed by atoms with E-state index in [0.717, 1.165) is 5.56 Å². The number of methoxy groups -OCH3 is 1. The number of likely N-dealkylation sites (N-methyl/N-ethyl adjacent to an activating group) is 1. The van der Waals surface area contributed by atoms with Gasteiger partial charge in [-0.3, -0.25) is 28.8 Å². The molecule has 0 aliphatic carbocycles. The Labute approximate surface area is 220 Å². The first-order chi connectivity index (χ1) is 18.0. The van der Waals surface area contributed by atoms with Crippen molar-refractivity contribution >= 4 is 35.5 Å². The Hall–Kier alpha value is -4.16. The van der Waals surface area contributed by atoms with Crippen LogP contribution in [0.2, 0.25) is 0 Å². The van der Waals surface area contributed by atoms with Gasteiger partial charge in [0.05, 0.1) is 13.5 Å². The number of carbonyl (C=O) groups is 6. The number of nitrogens with zero attached hydrogens (tertiary/aromatic N) is 1. The molecule has 4 atom stereocenters. The molecule has 208 valence electrons. The number of aliphatic carboxylic acids is 1. The summed E-state index contributed by atoms with van der Waals surface area (Å²) >= 11 is 0. The second kappa shape index (κ2) is 14.0. The fraction of sp³-hybridized carbons (Fsp3) is 0.520. The van der Waals surface area contributed by atoms with E-state index in [1.807, 2.05) is 0 Å². The molecule has 0 radical (unpaired) electrons. The number of hydrogen-bond donors (Lipinski definition) is 5. The summed E-state index contributed by atoms with van der Waals surface area (Å²) in [5.74, 6) is -3.49. The summed E-state index contributed by atoms with van der Waals surface area (Å²) in [7, 11) is 2.85. The minimum atomic E-state index is -1.31. The van der Waals surface area contributed by atoms with E-state index < -0.39 is 66.1 Å². The van der Waals surface area contributed by atoms with Gasteiger partial charge in [-0.2, -0.15) is 0 Å². The topological polar surface area (TPSA) is 183 Å². The minimum absolute atomic E-state index is 0.103. The average molecular weight is 534 g/mol. The maximum absolute atomic E-state index is 13.7. The van der Waals surface area contributed by atoms with E-state index >= 15 is 0 Å². The van der Waals surface area contributed by atoms with E-state index in [1.165, 1.54) is 32.9 Å². The third-order valence-corrected chi connectivity index (χ3v) is 6.12. The number of hydrogen-bond acceptors (Lipinski definition) is 7. The van der Waals surface area contributed by atoms with Crippen molar-refractivity contribution in [3.05, 3.63) is 29.8 Å². The number of carboxylic acid groups (broad SMARTS) is 1. The first kappa shape index (κ1) is 30.1. The van der Waals surface area contributed by atoms with Crippen LogP contribution < -0.4 is 26.0 Å². The number of nitrogens with one attached hydrogen (secondary N) is 4. The predicted octanol–water partition coefficient (Wildman–Crippen LogP) is -1.06. The van der Waals surface area contributed by atoms with Crippen LogP contribution in [-0.4, -0.2) is 90.4 Å². The summed E-state index contributed by atoms with van der Waals surface area (Å²) in [6, 6.07) is 2.70. The minimum Gasteiger partial charge on any atom is -0.497 e. The molecule has 0 saturated carbocycles. The molecule has 0 aromatic heterocycles. The smallest absolute Gasteiger partial charge is 0.305 e. The molecule has 1 aromatic rings. The standard InChI is InChI=1S/C25H35N5O8/c1-14(27-15(2)31)22(34)29-19(12-16-7-9-17(38-4)10-8-16)25(37)30-11-5-6-20(30)24(36)28-18(13-21(32)33)23(35)26-3/h7-10,14,18-20H,5-6,11-13H2,1-4H3,(H,26,35)(H,27,31)(H,28,36)(H,29,34)(H,32,33)/t14-,18-,19-,20-/m0/s1. The van der Waals surface area contributed by atoms with Crippen LogP contribution in [0.15, 0.2) is 24.3 Å². The number of amides is 5. The van der Waals surface area contributed by atoms with E-state index in [2.05, 4.69) is 21.3 Å². The van der Waals surface area contributed by atoms with E-state index in [1.54, 1.807) is 24.3 Å². The molecule has 2 rings (SSSR count). The van der Waals surface area contributed by atoms with Gasteiger partial charge in [-0.1, -0.05) is 12.1 Å². The van der Waals surface area contributed by atoms with Gasteiger partial charge >= 0.3 is 5.97 Å². The Morgan fingerprint density at radius 1 is 1.03 bits per heavy atom. The molecule has 13 heteroatoms. The van der Waals surface area contributed by atoms with Crippen molar-refractivity contribution in [2.75, 3.05) is 20.7 Å². The molecule has 1 heterocycles. The Kier molecular flexibility index (Phi) is 11.0. The summed E-state index contributed by atoms with van der Waals surface area (Å²) in [5, 5.41) is 19.0. The first-order valence-corrected chi connectivity index (χ1v) is 12.2. The Balaban J connectivity index is 2.26. The Bertz CT molecular complexity index is 1040. The normalized spacial score (nSPS) is 16.9. The van der Waals surface area contributed by atoms with Crippen molar-refractivity contribution in [3.63, 3.8) is 0 Å². The highest BCUT2D eigenvalue weighted by molar-refractivity contribution is 5.96. The number of likely N-dealkylation sites (tertiary alicyclic amines) is 1. The number of rotatable bonds is 12. The maximum Gasteiger partial charge on any atom is 0.305 e. The van der Waals surface area contributed by atoms with Gasteiger partial charge in [0.1, 0.15) is 29.9 Å². The summed E-state index contributed by atoms with van der Waals surface area (Å²) in [5.41, 5.74) is 0.720. The van der Waals surface area contributed by atoms with Gasteiger partial charge in [0.25, 0.3) is 0 Å². The zero-order valence-corrected chi connectivity index (χ0v) is 21.9. The number of benzene rings is 1. The van der Waals surface area contributed by atoms with Crippen LogP contribution in [0.5, 0.6) is 5.75 Å². The fourth-order valence-electron chi connectivity index (χ4n) is 4.19. The molecular formula is C25H35N5O8. The molecule has 1 aromatic carbocycles. The molecule has 0 bridgehead atoms. The zero-order valence-electron chi connectivity index (χ0n) is 21.9. The molecule has 1 aliphatic rings. The highest BCUT2D eigenvalue weighted by Crippen LogP contribution is 2.21. The van der Waals surface area contributed by atoms with Gasteiger partial charge in [0.2, 0.25) is 29.5 Å². The maximum atomic E-state index is 13.7. The van der Waals surface area contributed by atoms with Crippen molar-refractivity contribution in [1.29, 1.82) is 0 Å². The van der Waals surface area contributed by atoms with Gasteiger partial charge in [-0.25, -0.2) is 0 Å². The van der Waals surface area contributed by atoms with E-state index in [9.17, 15) is 28.8 Å². The van der Waals surface area contributed by atoms with Gasteiger partial charge < -0.3 is 36.0 Å². The number of ether oxygens (including phenoxy) is 1. The van der Waals surface area contributed by atoms with Crippen LogP contribution >= 0.6 is 0 Å². The fourth-order valence-corrected chi connectivity index (χ4v) is 4.19. The molecular weight excluding hydrogens is 498 g/mol. The lowest BCUT2D eigenvalue weighted by Crippen LogP contribution is -2.58. The average Bonchev–Trinajstić information content (AvgIpc) is 3.36. The third-order valence-electron chi connectivity index (χ3n) is 6.12. The van der Waals surface area contributed by atoms with E-state index in [4.69, 9.17) is 9.84 Å². The van der Waals surface area contributed by atoms with Gasteiger partial charge in [0.15, 0.2) is 0 Å². The molecule has 1 fully saturated rings. The predicted molar refractivity (Wildman–Crippen MR) is 135 cm³/mol. The van der Waals surface area contributed by atoms with Crippen molar-refractivity contribution < 1.29 is 38.6 Å². The highest BCUT2D eigenvalue weighted by Gasteiger charge is 2.39. The van der Waals surface area contributed by atoms with Gasteiger partial charge in [0, 0.05) is 26.9 Å². The molecule has 38 heavy (non-hydrogen) atoms. The van der Waals surface area contributed by atoms with Crippen molar-refractivity contribution in [3.8, 4) is 5.75 Å². The second-order valence-corrected chi connectivity index (χ2v) is 9.00. The summed E-state index contributed by atoms with van der Waals surface area (Å²) in [4.78, 5) is 75.5.